The number of nitrogens with zero attached hydrogens (tertiary/aromatic N) is 2. The number of methoxy groups -OCH3 is 1. The second kappa shape index (κ2) is 23.4. The van der Waals surface area contributed by atoms with Crippen LogP contribution in [-0.4, -0.2) is 71.6 Å². The minimum Gasteiger partial charge on any atom is -0.870 e. The van der Waals surface area contributed by atoms with E-state index in [1.54, 1.807) is 66.4 Å². The quantitative estimate of drug-likeness (QED) is 0.0667. The van der Waals surface area contributed by atoms with Gasteiger partial charge in [0.15, 0.2) is 0 Å². The molecule has 0 unspecified atom stereocenters. The monoisotopic (exact) mass is 918 g/mol. The van der Waals surface area contributed by atoms with Gasteiger partial charge in [-0.3, -0.25) is 19.0 Å². The standard InChI is InChI=1S/C24H23FN2O4S.C23H21FN2O4S.Li.H2O/c1-4-15-27(17(2)16-24(28)31-3)23-14-13-22(20-7-5-6-8-21(20)23)26-32(29,30)19-11-9-18(25)10-12-19;1-3-14-26(16(2)15-23(27)28)22-13-12-21(19-6-4-5-7-20(19)22)25-31(29,30)18-10-8-17(24)9-11-18;;/h1,5-14,17,26H,15-16H2,2-3H3;1,4-13,16,25H,14-15H2,2H3,(H,27,28);;1H2/q;;+1;/p-1/t17-;16-;;/m00../s1. The molecule has 0 aromatic heterocycles. The Balaban J connectivity index is 0.000000335. The first-order valence-corrected chi connectivity index (χ1v) is 22.2. The van der Waals surface area contributed by atoms with Crippen LogP contribution in [0.25, 0.3) is 21.5 Å². The maximum atomic E-state index is 13.2. The van der Waals surface area contributed by atoms with Crippen LogP contribution in [0.4, 0.5) is 31.5 Å². The van der Waals surface area contributed by atoms with E-state index in [4.69, 9.17) is 17.6 Å². The number of ether oxygens (including phenoxy) is 1. The smallest absolute Gasteiger partial charge is 0.870 e. The normalized spacial score (nSPS) is 11.7. The summed E-state index contributed by atoms with van der Waals surface area (Å²) in [7, 11) is -6.53. The Labute approximate surface area is 389 Å². The van der Waals surface area contributed by atoms with Gasteiger partial charge in [-0.1, -0.05) is 60.4 Å². The van der Waals surface area contributed by atoms with Crippen LogP contribution in [0.2, 0.25) is 0 Å². The molecule has 0 aliphatic heterocycles. The number of hydrogen-bond acceptors (Lipinski definition) is 10. The summed E-state index contributed by atoms with van der Waals surface area (Å²) in [6.45, 7) is 4.08. The zero-order valence-electron chi connectivity index (χ0n) is 35.9. The maximum absolute atomic E-state index is 13.2. The van der Waals surface area contributed by atoms with Crippen LogP contribution in [0.5, 0.6) is 0 Å². The van der Waals surface area contributed by atoms with Crippen molar-refractivity contribution in [3.05, 3.63) is 133 Å². The van der Waals surface area contributed by atoms with E-state index in [0.717, 1.165) is 35.3 Å². The molecule has 13 nitrogen and oxygen atoms in total. The minimum absolute atomic E-state index is 0. The third kappa shape index (κ3) is 13.2. The van der Waals surface area contributed by atoms with Gasteiger partial charge in [-0.2, -0.15) is 0 Å². The number of carbonyl (C=O) groups is 2. The summed E-state index contributed by atoms with van der Waals surface area (Å²) in [6, 6.07) is 29.7. The summed E-state index contributed by atoms with van der Waals surface area (Å²) in [4.78, 5) is 26.6. The second-order valence-corrected chi connectivity index (χ2v) is 17.6. The number of anilines is 4. The molecule has 0 aliphatic carbocycles. The van der Waals surface area contributed by atoms with Crippen molar-refractivity contribution in [2.24, 2.45) is 0 Å². The SMILES string of the molecule is C#CCN(c1ccc(NS(=O)(=O)c2ccc(F)cc2)c2ccccc12)[C@@H](C)CC(=O)O.C#CCN(c1ccc(NS(=O)(=O)c2ccc(F)cc2)c2ccccc12)[C@@H](C)CC(=O)OC.[Li+].[OH-]. The maximum Gasteiger partial charge on any atom is 1.00 e. The molecule has 0 bridgehead atoms. The number of terminal acetylenes is 2. The van der Waals surface area contributed by atoms with Crippen molar-refractivity contribution in [1.29, 1.82) is 0 Å². The topological polar surface area (TPSA) is 192 Å². The Morgan fingerprint density at radius 3 is 1.32 bits per heavy atom. The number of fused-ring (bicyclic) bond motifs is 2. The molecule has 0 aliphatic rings. The molecule has 6 rings (SSSR count). The number of sulfonamides is 2. The van der Waals surface area contributed by atoms with Gasteiger partial charge in [0.2, 0.25) is 0 Å². The van der Waals surface area contributed by atoms with Crippen LogP contribution in [0.15, 0.2) is 131 Å². The van der Waals surface area contributed by atoms with Gasteiger partial charge in [-0.25, -0.2) is 25.6 Å². The van der Waals surface area contributed by atoms with E-state index in [1.807, 2.05) is 30.0 Å². The Morgan fingerprint density at radius 1 is 0.631 bits per heavy atom. The first kappa shape index (κ1) is 52.8. The molecule has 2 atom stereocenters. The Morgan fingerprint density at radius 2 is 0.985 bits per heavy atom. The van der Waals surface area contributed by atoms with Crippen LogP contribution in [0, 0.1) is 36.3 Å². The van der Waals surface area contributed by atoms with Crippen molar-refractivity contribution in [2.75, 3.05) is 39.4 Å². The predicted octanol–water partition coefficient (Wildman–Crippen LogP) is 5.08. The van der Waals surface area contributed by atoms with Crippen molar-refractivity contribution >= 4 is 76.3 Å². The number of carboxylic acids is 1. The minimum atomic E-state index is -3.94. The van der Waals surface area contributed by atoms with Crippen LogP contribution in [0.3, 0.4) is 0 Å². The Bertz CT molecular complexity index is 2930. The summed E-state index contributed by atoms with van der Waals surface area (Å²) in [5.74, 6) is 2.82. The average Bonchev–Trinajstić information content (AvgIpc) is 3.25. The van der Waals surface area contributed by atoms with Gasteiger partial charge in [0.05, 0.1) is 54.2 Å². The van der Waals surface area contributed by atoms with Crippen LogP contribution < -0.4 is 38.1 Å². The third-order valence-electron chi connectivity index (χ3n) is 9.90. The molecule has 0 amide bonds. The van der Waals surface area contributed by atoms with Gasteiger partial charge >= 0.3 is 30.8 Å². The molecule has 0 heterocycles. The van der Waals surface area contributed by atoms with Gasteiger partial charge in [-0.05, 0) is 86.6 Å². The second-order valence-electron chi connectivity index (χ2n) is 14.2. The molecular formula is C47H45F2LiN4O9S2. The molecule has 6 aromatic rings. The van der Waals surface area contributed by atoms with Crippen molar-refractivity contribution < 1.29 is 69.4 Å². The number of hydrogen-bond donors (Lipinski definition) is 3. The predicted molar refractivity (Wildman–Crippen MR) is 244 cm³/mol. The Kier molecular flexibility index (Phi) is 19.0. The van der Waals surface area contributed by atoms with Gasteiger partial charge < -0.3 is 25.1 Å². The van der Waals surface area contributed by atoms with E-state index < -0.39 is 37.7 Å². The fraction of sp³-hybridized carbons (Fsp3) is 0.191. The molecule has 4 N–H and O–H groups in total. The molecule has 6 aromatic carbocycles. The summed E-state index contributed by atoms with van der Waals surface area (Å²) in [5.41, 5.74) is 2.18. The number of carbonyl (C=O) groups excluding carboxylic acids is 1. The first-order valence-electron chi connectivity index (χ1n) is 19.3. The van der Waals surface area contributed by atoms with Crippen molar-refractivity contribution in [3.8, 4) is 24.7 Å². The Hall–Kier alpha value is -6.58. The molecule has 0 radical (unpaired) electrons. The van der Waals surface area contributed by atoms with Crippen molar-refractivity contribution in [3.63, 3.8) is 0 Å². The van der Waals surface area contributed by atoms with E-state index in [-0.39, 0.29) is 78.1 Å². The molecule has 65 heavy (non-hydrogen) atoms. The number of carboxylic acid groups (broad SMARTS) is 1. The molecular weight excluding hydrogens is 874 g/mol. The first-order chi connectivity index (χ1) is 30.0. The van der Waals surface area contributed by atoms with Gasteiger partial charge in [0.1, 0.15) is 11.6 Å². The zero-order chi connectivity index (χ0) is 45.9. The largest absolute Gasteiger partial charge is 1.00 e. The molecule has 334 valence electrons. The molecule has 0 fully saturated rings. The van der Waals surface area contributed by atoms with Crippen LogP contribution in [-0.2, 0) is 34.4 Å². The number of halogens is 2. The summed E-state index contributed by atoms with van der Waals surface area (Å²) >= 11 is 0. The molecule has 18 heteroatoms. The van der Waals surface area contributed by atoms with Crippen LogP contribution >= 0.6 is 0 Å². The number of esters is 1. The van der Waals surface area contributed by atoms with Gasteiger partial charge in [0.25, 0.3) is 20.0 Å². The fourth-order valence-corrected chi connectivity index (χ4v) is 8.99. The van der Waals surface area contributed by atoms with E-state index in [0.29, 0.717) is 33.2 Å². The number of aliphatic carboxylic acids is 1. The molecule has 0 saturated heterocycles. The van der Waals surface area contributed by atoms with Crippen LogP contribution in [0.1, 0.15) is 26.7 Å². The average molecular weight is 919 g/mol. The van der Waals surface area contributed by atoms with E-state index in [1.165, 1.54) is 31.4 Å². The number of nitrogens with one attached hydrogen (secondary N) is 2. The number of rotatable bonds is 16. The van der Waals surface area contributed by atoms with E-state index >= 15 is 0 Å². The number of benzene rings is 6. The van der Waals surface area contributed by atoms with Gasteiger partial charge in [0, 0.05) is 45.0 Å². The van der Waals surface area contributed by atoms with E-state index in [9.17, 15) is 40.3 Å². The fourth-order valence-electron chi connectivity index (χ4n) is 6.83. The summed E-state index contributed by atoms with van der Waals surface area (Å²) < 4.78 is 87.5. The summed E-state index contributed by atoms with van der Waals surface area (Å²) in [6.07, 6.45) is 11.1. The van der Waals surface area contributed by atoms with E-state index in [2.05, 4.69) is 21.3 Å². The molecule has 0 saturated carbocycles. The van der Waals surface area contributed by atoms with Gasteiger partial charge in [-0.15, -0.1) is 12.8 Å². The molecule has 0 spiro atoms. The van der Waals surface area contributed by atoms with Crippen molar-refractivity contribution in [1.82, 2.24) is 0 Å². The zero-order valence-corrected chi connectivity index (χ0v) is 37.5. The van der Waals surface area contributed by atoms with Crippen molar-refractivity contribution in [2.45, 2.75) is 48.6 Å². The summed E-state index contributed by atoms with van der Waals surface area (Å²) in [5, 5.41) is 11.9. The third-order valence-corrected chi connectivity index (χ3v) is 12.7.